The van der Waals surface area contributed by atoms with Gasteiger partial charge in [0.25, 0.3) is 0 Å². The third kappa shape index (κ3) is 2.42. The standard InChI is InChI=1S/C15H15N3O/c16-15-8-10(3-5-18-15)7-14(19)12-1-2-13-11(9-12)4-6-17-13/h1-3,5,8-9,17H,4,6-7H2,(H2,16,18). The molecule has 0 radical (unpaired) electrons. The normalized spacial score (nSPS) is 12.8. The summed E-state index contributed by atoms with van der Waals surface area (Å²) in [5.41, 5.74) is 9.64. The maximum Gasteiger partial charge on any atom is 0.167 e. The molecule has 0 fully saturated rings. The van der Waals surface area contributed by atoms with Crippen LogP contribution >= 0.6 is 0 Å². The molecule has 0 saturated carbocycles. The van der Waals surface area contributed by atoms with Gasteiger partial charge >= 0.3 is 0 Å². The van der Waals surface area contributed by atoms with Crippen LogP contribution in [0, 0.1) is 0 Å². The highest BCUT2D eigenvalue weighted by molar-refractivity contribution is 5.98. The number of benzene rings is 1. The number of rotatable bonds is 3. The van der Waals surface area contributed by atoms with Crippen molar-refractivity contribution in [2.24, 2.45) is 0 Å². The van der Waals surface area contributed by atoms with Gasteiger partial charge in [-0.15, -0.1) is 0 Å². The largest absolute Gasteiger partial charge is 0.384 e. The van der Waals surface area contributed by atoms with E-state index in [0.717, 1.165) is 29.8 Å². The first-order chi connectivity index (χ1) is 9.22. The predicted octanol–water partition coefficient (Wildman–Crippen LogP) is 2.06. The van der Waals surface area contributed by atoms with Crippen LogP contribution in [0.4, 0.5) is 11.5 Å². The highest BCUT2D eigenvalue weighted by Crippen LogP contribution is 2.23. The molecule has 3 N–H and O–H groups in total. The second-order valence-electron chi connectivity index (χ2n) is 4.74. The summed E-state index contributed by atoms with van der Waals surface area (Å²) in [4.78, 5) is 16.2. The quantitative estimate of drug-likeness (QED) is 0.821. The summed E-state index contributed by atoms with van der Waals surface area (Å²) >= 11 is 0. The lowest BCUT2D eigenvalue weighted by Crippen LogP contribution is -2.05. The fourth-order valence-electron chi connectivity index (χ4n) is 2.37. The van der Waals surface area contributed by atoms with Crippen LogP contribution in [-0.4, -0.2) is 17.3 Å². The van der Waals surface area contributed by atoms with Gasteiger partial charge in [-0.3, -0.25) is 4.79 Å². The molecule has 1 aliphatic rings. The average molecular weight is 253 g/mol. The van der Waals surface area contributed by atoms with Gasteiger partial charge in [-0.25, -0.2) is 4.98 Å². The number of nitrogens with two attached hydrogens (primary N) is 1. The van der Waals surface area contributed by atoms with Crippen molar-refractivity contribution in [3.05, 3.63) is 53.2 Å². The Morgan fingerprint density at radius 2 is 2.21 bits per heavy atom. The Kier molecular flexibility index (Phi) is 2.91. The number of nitrogen functional groups attached to an aromatic ring is 1. The zero-order chi connectivity index (χ0) is 13.2. The molecule has 1 aromatic carbocycles. The number of fused-ring (bicyclic) bond motifs is 1. The Bertz CT molecular complexity index is 637. The van der Waals surface area contributed by atoms with Crippen LogP contribution in [0.25, 0.3) is 0 Å². The first kappa shape index (κ1) is 11.7. The molecule has 4 nitrogen and oxygen atoms in total. The molecule has 3 rings (SSSR count). The highest BCUT2D eigenvalue weighted by Gasteiger charge is 2.13. The second-order valence-corrected chi connectivity index (χ2v) is 4.74. The van der Waals surface area contributed by atoms with E-state index in [0.29, 0.717) is 12.2 Å². The van der Waals surface area contributed by atoms with Crippen LogP contribution in [0.15, 0.2) is 36.5 Å². The minimum Gasteiger partial charge on any atom is -0.384 e. The predicted molar refractivity (Wildman–Crippen MR) is 75.3 cm³/mol. The van der Waals surface area contributed by atoms with Crippen molar-refractivity contribution in [3.8, 4) is 0 Å². The number of anilines is 2. The van der Waals surface area contributed by atoms with Gasteiger partial charge in [0, 0.05) is 30.4 Å². The van der Waals surface area contributed by atoms with Crippen LogP contribution in [0.3, 0.4) is 0 Å². The van der Waals surface area contributed by atoms with E-state index in [4.69, 9.17) is 5.73 Å². The van der Waals surface area contributed by atoms with E-state index in [2.05, 4.69) is 10.3 Å². The van der Waals surface area contributed by atoms with Crippen molar-refractivity contribution < 1.29 is 4.79 Å². The molecule has 0 saturated heterocycles. The monoisotopic (exact) mass is 253 g/mol. The van der Waals surface area contributed by atoms with Gasteiger partial charge in [0.05, 0.1) is 0 Å². The van der Waals surface area contributed by atoms with E-state index in [-0.39, 0.29) is 5.78 Å². The van der Waals surface area contributed by atoms with Crippen molar-refractivity contribution >= 4 is 17.3 Å². The van der Waals surface area contributed by atoms with E-state index in [1.807, 2.05) is 24.3 Å². The molecule has 0 aliphatic carbocycles. The summed E-state index contributed by atoms with van der Waals surface area (Å²) < 4.78 is 0. The minimum absolute atomic E-state index is 0.111. The molecule has 1 aliphatic heterocycles. The Balaban J connectivity index is 1.81. The third-order valence-corrected chi connectivity index (χ3v) is 3.35. The first-order valence-electron chi connectivity index (χ1n) is 6.33. The summed E-state index contributed by atoms with van der Waals surface area (Å²) in [5, 5.41) is 3.29. The second kappa shape index (κ2) is 4.72. The number of hydrogen-bond acceptors (Lipinski definition) is 4. The number of ketones is 1. The number of nitrogens with zero attached hydrogens (tertiary/aromatic N) is 1. The molecule has 0 atom stereocenters. The molecule has 1 aromatic heterocycles. The van der Waals surface area contributed by atoms with Gasteiger partial charge in [0.15, 0.2) is 5.78 Å². The number of carbonyl (C=O) groups is 1. The number of nitrogens with one attached hydrogen (secondary N) is 1. The van der Waals surface area contributed by atoms with Gasteiger partial charge in [-0.1, -0.05) is 0 Å². The van der Waals surface area contributed by atoms with Gasteiger partial charge < -0.3 is 11.1 Å². The van der Waals surface area contributed by atoms with E-state index < -0.39 is 0 Å². The van der Waals surface area contributed by atoms with Gasteiger partial charge in [-0.05, 0) is 47.9 Å². The maximum atomic E-state index is 12.2. The summed E-state index contributed by atoms with van der Waals surface area (Å²) in [6.45, 7) is 0.952. The molecule has 4 heteroatoms. The first-order valence-corrected chi connectivity index (χ1v) is 6.33. The van der Waals surface area contributed by atoms with Gasteiger partial charge in [-0.2, -0.15) is 0 Å². The molecule has 2 heterocycles. The van der Waals surface area contributed by atoms with Crippen LogP contribution < -0.4 is 11.1 Å². The summed E-state index contributed by atoms with van der Waals surface area (Å²) in [5.74, 6) is 0.559. The van der Waals surface area contributed by atoms with Gasteiger partial charge in [0.1, 0.15) is 5.82 Å². The van der Waals surface area contributed by atoms with Crippen molar-refractivity contribution in [2.45, 2.75) is 12.8 Å². The van der Waals surface area contributed by atoms with E-state index >= 15 is 0 Å². The zero-order valence-electron chi connectivity index (χ0n) is 10.5. The SMILES string of the molecule is Nc1cc(CC(=O)c2ccc3c(c2)CCN3)ccn1. The molecule has 96 valence electrons. The summed E-state index contributed by atoms with van der Waals surface area (Å²) in [6, 6.07) is 9.42. The van der Waals surface area contributed by atoms with Crippen LogP contribution in [0.2, 0.25) is 0 Å². The minimum atomic E-state index is 0.111. The lowest BCUT2D eigenvalue weighted by atomic mass is 10.0. The van der Waals surface area contributed by atoms with Crippen LogP contribution in [-0.2, 0) is 12.8 Å². The Morgan fingerprint density at radius 3 is 3.05 bits per heavy atom. The topological polar surface area (TPSA) is 68.0 Å². The van der Waals surface area contributed by atoms with E-state index in [9.17, 15) is 4.79 Å². The summed E-state index contributed by atoms with van der Waals surface area (Å²) in [7, 11) is 0. The molecule has 2 aromatic rings. The lowest BCUT2D eigenvalue weighted by molar-refractivity contribution is 0.0993. The number of aromatic nitrogens is 1. The fraction of sp³-hybridized carbons (Fsp3) is 0.200. The number of hydrogen-bond donors (Lipinski definition) is 2. The van der Waals surface area contributed by atoms with Crippen LogP contribution in [0.1, 0.15) is 21.5 Å². The molecular formula is C15H15N3O. The molecule has 0 unspecified atom stereocenters. The van der Waals surface area contributed by atoms with E-state index in [1.165, 1.54) is 5.56 Å². The van der Waals surface area contributed by atoms with Crippen molar-refractivity contribution in [2.75, 3.05) is 17.6 Å². The Morgan fingerprint density at radius 1 is 1.32 bits per heavy atom. The van der Waals surface area contributed by atoms with Crippen molar-refractivity contribution in [3.63, 3.8) is 0 Å². The zero-order valence-corrected chi connectivity index (χ0v) is 10.5. The summed E-state index contributed by atoms with van der Waals surface area (Å²) in [6.07, 6.45) is 2.97. The van der Waals surface area contributed by atoms with Crippen LogP contribution in [0.5, 0.6) is 0 Å². The van der Waals surface area contributed by atoms with E-state index in [1.54, 1.807) is 12.3 Å². The Hall–Kier alpha value is -2.36. The third-order valence-electron chi connectivity index (χ3n) is 3.35. The molecule has 19 heavy (non-hydrogen) atoms. The smallest absolute Gasteiger partial charge is 0.167 e. The molecular weight excluding hydrogens is 238 g/mol. The lowest BCUT2D eigenvalue weighted by Gasteiger charge is -2.05. The number of Topliss-reactive ketones (excluding diaryl/α,β-unsaturated/α-hetero) is 1. The molecule has 0 amide bonds. The molecule has 0 spiro atoms. The number of carbonyl (C=O) groups excluding carboxylic acids is 1. The fourth-order valence-corrected chi connectivity index (χ4v) is 2.37. The molecule has 0 bridgehead atoms. The van der Waals surface area contributed by atoms with Crippen molar-refractivity contribution in [1.29, 1.82) is 0 Å². The maximum absolute atomic E-state index is 12.2. The van der Waals surface area contributed by atoms with Gasteiger partial charge in [0.2, 0.25) is 0 Å². The highest BCUT2D eigenvalue weighted by atomic mass is 16.1. The average Bonchev–Trinajstić information content (AvgIpc) is 2.85. The number of pyridine rings is 1. The van der Waals surface area contributed by atoms with Crippen molar-refractivity contribution in [1.82, 2.24) is 4.98 Å². The Labute approximate surface area is 111 Å².